The summed E-state index contributed by atoms with van der Waals surface area (Å²) in [7, 11) is 1.65. The summed E-state index contributed by atoms with van der Waals surface area (Å²) >= 11 is 0. The number of hydrogen-bond donors (Lipinski definition) is 2. The van der Waals surface area contributed by atoms with Crippen LogP contribution in [0.1, 0.15) is 11.1 Å². The van der Waals surface area contributed by atoms with Gasteiger partial charge >= 0.3 is 0 Å². The fourth-order valence-electron chi connectivity index (χ4n) is 0.879. The molecule has 0 aliphatic rings. The molecule has 1 rings (SSSR count). The Kier molecular flexibility index (Phi) is 2.58. The van der Waals surface area contributed by atoms with Crippen LogP contribution in [0.2, 0.25) is 0 Å². The Morgan fingerprint density at radius 3 is 2.42 bits per heavy atom. The van der Waals surface area contributed by atoms with Crippen LogP contribution in [0.3, 0.4) is 0 Å². The minimum Gasteiger partial charge on any atom is -0.384 e. The molecule has 3 nitrogen and oxygen atoms in total. The third-order valence-electron chi connectivity index (χ3n) is 1.61. The van der Waals surface area contributed by atoms with Gasteiger partial charge in [-0.3, -0.25) is 4.99 Å². The number of amidine groups is 1. The lowest BCUT2D eigenvalue weighted by atomic mass is 10.1. The molecule has 0 aliphatic heterocycles. The average molecular weight is 161 g/mol. The summed E-state index contributed by atoms with van der Waals surface area (Å²) in [4.78, 5) is 3.85. The highest BCUT2D eigenvalue weighted by Gasteiger charge is 1.95. The molecule has 0 saturated carbocycles. The monoisotopic (exact) mass is 161 g/mol. The maximum atomic E-state index is 6.98. The second-order valence-corrected chi connectivity index (χ2v) is 2.38. The molecule has 0 fully saturated rings. The van der Waals surface area contributed by atoms with E-state index in [0.29, 0.717) is 5.84 Å². The molecule has 1 aromatic carbocycles. The number of rotatable bonds is 2. The molecule has 1 aromatic rings. The van der Waals surface area contributed by atoms with Gasteiger partial charge in [0.25, 0.3) is 0 Å². The second kappa shape index (κ2) is 3.67. The first-order chi connectivity index (χ1) is 5.77. The number of nitrogens with two attached hydrogens (primary N) is 1. The first kappa shape index (κ1) is 8.46. The number of aliphatic imine (C=N–C) groups is 1. The molecule has 0 atom stereocenters. The van der Waals surface area contributed by atoms with Gasteiger partial charge in [-0.1, -0.05) is 24.3 Å². The van der Waals surface area contributed by atoms with E-state index in [1.54, 1.807) is 7.05 Å². The second-order valence-electron chi connectivity index (χ2n) is 2.38. The van der Waals surface area contributed by atoms with Crippen molar-refractivity contribution in [3.8, 4) is 0 Å². The largest absolute Gasteiger partial charge is 0.384 e. The van der Waals surface area contributed by atoms with Crippen LogP contribution in [0, 0.1) is 5.41 Å². The molecule has 3 N–H and O–H groups in total. The zero-order chi connectivity index (χ0) is 8.97. The molecule has 0 radical (unpaired) electrons. The fourth-order valence-corrected chi connectivity index (χ4v) is 0.879. The molecule has 0 amide bonds. The summed E-state index contributed by atoms with van der Waals surface area (Å²) in [5.41, 5.74) is 7.33. The van der Waals surface area contributed by atoms with Crippen LogP contribution in [0.25, 0.3) is 0 Å². The highest BCUT2D eigenvalue weighted by molar-refractivity contribution is 5.97. The van der Waals surface area contributed by atoms with E-state index < -0.39 is 0 Å². The van der Waals surface area contributed by atoms with Gasteiger partial charge in [0.05, 0.1) is 0 Å². The summed E-state index contributed by atoms with van der Waals surface area (Å²) in [6.07, 6.45) is 1.29. The topological polar surface area (TPSA) is 62.2 Å². The lowest BCUT2D eigenvalue weighted by molar-refractivity contribution is 1.39. The third-order valence-corrected chi connectivity index (χ3v) is 1.61. The lowest BCUT2D eigenvalue weighted by Gasteiger charge is -1.98. The molecule has 0 bridgehead atoms. The van der Waals surface area contributed by atoms with Gasteiger partial charge in [-0.15, -0.1) is 0 Å². The van der Waals surface area contributed by atoms with Gasteiger partial charge in [-0.2, -0.15) is 0 Å². The van der Waals surface area contributed by atoms with E-state index >= 15 is 0 Å². The normalized spacial score (nSPS) is 11.2. The zero-order valence-electron chi connectivity index (χ0n) is 6.91. The Balaban J connectivity index is 2.99. The number of hydrogen-bond acceptors (Lipinski definition) is 2. The number of nitrogens with one attached hydrogen (secondary N) is 1. The van der Waals surface area contributed by atoms with E-state index in [2.05, 4.69) is 4.99 Å². The summed E-state index contributed by atoms with van der Waals surface area (Å²) in [6, 6.07) is 7.37. The van der Waals surface area contributed by atoms with Gasteiger partial charge in [0.15, 0.2) is 0 Å². The van der Waals surface area contributed by atoms with Crippen LogP contribution in [-0.4, -0.2) is 19.1 Å². The molecule has 12 heavy (non-hydrogen) atoms. The predicted molar refractivity (Wildman–Crippen MR) is 51.0 cm³/mol. The molecular formula is C9H11N3. The molecular weight excluding hydrogens is 150 g/mol. The summed E-state index contributed by atoms with van der Waals surface area (Å²) in [5.74, 6) is 0.520. The van der Waals surface area contributed by atoms with Gasteiger partial charge in [-0.25, -0.2) is 0 Å². The first-order valence-electron chi connectivity index (χ1n) is 3.61. The average Bonchev–Trinajstić information content (AvgIpc) is 2.17. The van der Waals surface area contributed by atoms with E-state index in [1.165, 1.54) is 6.21 Å². The van der Waals surface area contributed by atoms with Gasteiger partial charge in [-0.05, 0) is 5.56 Å². The van der Waals surface area contributed by atoms with Crippen molar-refractivity contribution in [2.45, 2.75) is 0 Å². The smallest absolute Gasteiger partial charge is 0.125 e. The number of nitrogens with zero attached hydrogens (tertiary/aromatic N) is 1. The van der Waals surface area contributed by atoms with E-state index in [9.17, 15) is 0 Å². The molecule has 3 heteroatoms. The maximum absolute atomic E-state index is 6.98. The predicted octanol–water partition coefficient (Wildman–Crippen LogP) is 1.02. The molecule has 0 aliphatic carbocycles. The van der Waals surface area contributed by atoms with Crippen LogP contribution in [-0.2, 0) is 0 Å². The van der Waals surface area contributed by atoms with Crippen molar-refractivity contribution >= 4 is 12.1 Å². The van der Waals surface area contributed by atoms with Crippen molar-refractivity contribution in [1.82, 2.24) is 0 Å². The Morgan fingerprint density at radius 2 is 2.00 bits per heavy atom. The standard InChI is InChI=1S/C9H11N3/c1-12-9(11)8-4-2-7(6-10)3-5-8/h2-6,10H,1H3,(H2,11,12). The Morgan fingerprint density at radius 1 is 1.42 bits per heavy atom. The van der Waals surface area contributed by atoms with Crippen molar-refractivity contribution in [2.75, 3.05) is 7.05 Å². The quantitative estimate of drug-likeness (QED) is 0.493. The molecule has 0 aromatic heterocycles. The van der Waals surface area contributed by atoms with E-state index in [4.69, 9.17) is 11.1 Å². The first-order valence-corrected chi connectivity index (χ1v) is 3.61. The Labute approximate surface area is 71.4 Å². The van der Waals surface area contributed by atoms with E-state index in [-0.39, 0.29) is 0 Å². The molecule has 62 valence electrons. The van der Waals surface area contributed by atoms with Crippen LogP contribution in [0.4, 0.5) is 0 Å². The van der Waals surface area contributed by atoms with Gasteiger partial charge < -0.3 is 11.1 Å². The maximum Gasteiger partial charge on any atom is 0.125 e. The summed E-state index contributed by atoms with van der Waals surface area (Å²) < 4.78 is 0. The van der Waals surface area contributed by atoms with Crippen LogP contribution >= 0.6 is 0 Å². The lowest BCUT2D eigenvalue weighted by Crippen LogP contribution is -2.12. The molecule has 0 saturated heterocycles. The SMILES string of the molecule is CN=C(N)c1ccc(C=N)cc1. The third kappa shape index (κ3) is 1.69. The van der Waals surface area contributed by atoms with Gasteiger partial charge in [0.2, 0.25) is 0 Å². The van der Waals surface area contributed by atoms with Crippen molar-refractivity contribution in [3.63, 3.8) is 0 Å². The van der Waals surface area contributed by atoms with Crippen molar-refractivity contribution in [3.05, 3.63) is 35.4 Å². The van der Waals surface area contributed by atoms with Crippen LogP contribution in [0.5, 0.6) is 0 Å². The molecule has 0 heterocycles. The van der Waals surface area contributed by atoms with Crippen LogP contribution < -0.4 is 5.73 Å². The highest BCUT2D eigenvalue weighted by atomic mass is 14.8. The van der Waals surface area contributed by atoms with Crippen molar-refractivity contribution < 1.29 is 0 Å². The van der Waals surface area contributed by atoms with Gasteiger partial charge in [0.1, 0.15) is 5.84 Å². The van der Waals surface area contributed by atoms with E-state index in [1.807, 2.05) is 24.3 Å². The number of benzene rings is 1. The van der Waals surface area contributed by atoms with Crippen molar-refractivity contribution in [1.29, 1.82) is 5.41 Å². The fraction of sp³-hybridized carbons (Fsp3) is 0.111. The zero-order valence-corrected chi connectivity index (χ0v) is 6.91. The molecule has 0 spiro atoms. The highest BCUT2D eigenvalue weighted by Crippen LogP contribution is 2.01. The van der Waals surface area contributed by atoms with Gasteiger partial charge in [0, 0.05) is 18.8 Å². The minimum absolute atomic E-state index is 0.520. The summed E-state index contributed by atoms with van der Waals surface area (Å²) in [5, 5.41) is 6.98. The van der Waals surface area contributed by atoms with Crippen LogP contribution in [0.15, 0.2) is 29.3 Å². The van der Waals surface area contributed by atoms with E-state index in [0.717, 1.165) is 11.1 Å². The van der Waals surface area contributed by atoms with Crippen molar-refractivity contribution in [2.24, 2.45) is 10.7 Å². The molecule has 0 unspecified atom stereocenters. The Hall–Kier alpha value is -1.64. The minimum atomic E-state index is 0.520. The Bertz CT molecular complexity index is 298. The summed E-state index contributed by atoms with van der Waals surface area (Å²) in [6.45, 7) is 0.